The Morgan fingerprint density at radius 3 is 2.44 bits per heavy atom. The Labute approximate surface area is 204 Å². The first-order valence-electron chi connectivity index (χ1n) is 10.5. The maximum Gasteiger partial charge on any atom is 0.303 e. The number of benzene rings is 2. The molecule has 1 aliphatic rings. The third-order valence-corrected chi connectivity index (χ3v) is 7.04. The van der Waals surface area contributed by atoms with E-state index < -0.39 is 0 Å². The second-order valence-electron chi connectivity index (χ2n) is 7.39. The van der Waals surface area contributed by atoms with Gasteiger partial charge in [-0.25, -0.2) is 9.97 Å². The predicted octanol–water partition coefficient (Wildman–Crippen LogP) is 4.33. The molecule has 3 heterocycles. The molecular formula is C24H20N6O2S2. The van der Waals surface area contributed by atoms with E-state index in [0.717, 1.165) is 27.4 Å². The number of aliphatic hydroxyl groups excluding tert-OH is 1. The summed E-state index contributed by atoms with van der Waals surface area (Å²) in [4.78, 5) is 23.4. The molecule has 8 nitrogen and oxygen atoms in total. The number of aromatic nitrogens is 2. The average Bonchev–Trinajstić information content (AvgIpc) is 3.57. The van der Waals surface area contributed by atoms with E-state index >= 15 is 0 Å². The lowest BCUT2D eigenvalue weighted by Gasteiger charge is -2.06. The number of aryl methyl sites for hydroxylation is 1. The molecule has 10 heteroatoms. The predicted molar refractivity (Wildman–Crippen MR) is 137 cm³/mol. The maximum absolute atomic E-state index is 13.4. The van der Waals surface area contributed by atoms with Crippen LogP contribution in [0.3, 0.4) is 0 Å². The number of hydrazone groups is 2. The molecule has 0 saturated carbocycles. The number of aliphatic hydroxyl groups is 1. The number of amides is 1. The van der Waals surface area contributed by atoms with E-state index in [1.165, 1.54) is 27.7 Å². The minimum atomic E-state index is -0.371. The van der Waals surface area contributed by atoms with Crippen LogP contribution in [0.25, 0.3) is 11.3 Å². The fraction of sp³-hybridized carbons (Fsp3) is 0.125. The van der Waals surface area contributed by atoms with Gasteiger partial charge < -0.3 is 5.11 Å². The van der Waals surface area contributed by atoms with Gasteiger partial charge in [0.2, 0.25) is 10.3 Å². The van der Waals surface area contributed by atoms with Gasteiger partial charge in [0.15, 0.2) is 5.71 Å². The normalized spacial score (nSPS) is 14.6. The highest BCUT2D eigenvalue weighted by Gasteiger charge is 2.35. The lowest BCUT2D eigenvalue weighted by molar-refractivity contribution is -0.112. The molecular weight excluding hydrogens is 468 g/mol. The highest BCUT2D eigenvalue weighted by Crippen LogP contribution is 2.30. The van der Waals surface area contributed by atoms with Crippen molar-refractivity contribution in [2.24, 2.45) is 10.2 Å². The molecule has 1 amide bonds. The number of nitrogens with one attached hydrogen (secondary N) is 1. The van der Waals surface area contributed by atoms with E-state index in [0.29, 0.717) is 22.4 Å². The monoisotopic (exact) mass is 488 g/mol. The van der Waals surface area contributed by atoms with Crippen LogP contribution in [-0.4, -0.2) is 39.0 Å². The first kappa shape index (κ1) is 22.1. The fourth-order valence-electron chi connectivity index (χ4n) is 3.43. The first-order chi connectivity index (χ1) is 16.6. The Kier molecular flexibility index (Phi) is 6.26. The number of rotatable bonds is 7. The zero-order valence-corrected chi connectivity index (χ0v) is 19.8. The summed E-state index contributed by atoms with van der Waals surface area (Å²) in [5, 5.41) is 22.4. The Morgan fingerprint density at radius 1 is 1.03 bits per heavy atom. The molecule has 34 heavy (non-hydrogen) atoms. The molecule has 0 saturated heterocycles. The second kappa shape index (κ2) is 9.64. The average molecular weight is 489 g/mol. The molecule has 0 fully saturated rings. The van der Waals surface area contributed by atoms with Crippen LogP contribution < -0.4 is 10.4 Å². The molecule has 0 bridgehead atoms. The van der Waals surface area contributed by atoms with Crippen molar-refractivity contribution in [3.8, 4) is 11.3 Å². The van der Waals surface area contributed by atoms with Crippen molar-refractivity contribution in [1.82, 2.24) is 9.97 Å². The quantitative estimate of drug-likeness (QED) is 0.377. The third kappa shape index (κ3) is 4.38. The minimum Gasteiger partial charge on any atom is -0.396 e. The number of hydrogen-bond acceptors (Lipinski definition) is 9. The van der Waals surface area contributed by atoms with Gasteiger partial charge in [-0.05, 0) is 6.92 Å². The molecule has 2 aromatic heterocycles. The maximum atomic E-state index is 13.4. The highest BCUT2D eigenvalue weighted by molar-refractivity contribution is 7.15. The van der Waals surface area contributed by atoms with Crippen molar-refractivity contribution in [2.75, 3.05) is 17.0 Å². The van der Waals surface area contributed by atoms with Gasteiger partial charge in [-0.2, -0.15) is 15.2 Å². The van der Waals surface area contributed by atoms with E-state index in [4.69, 9.17) is 0 Å². The van der Waals surface area contributed by atoms with Crippen LogP contribution in [0, 0.1) is 6.92 Å². The van der Waals surface area contributed by atoms with E-state index in [-0.39, 0.29) is 18.2 Å². The topological polar surface area (TPSA) is 103 Å². The number of carbonyl (C=O) groups excluding carboxylic acids is 1. The Hall–Kier alpha value is -3.73. The Balaban J connectivity index is 1.48. The molecule has 0 atom stereocenters. The van der Waals surface area contributed by atoms with Crippen LogP contribution >= 0.6 is 22.7 Å². The lowest BCUT2D eigenvalue weighted by Crippen LogP contribution is -2.28. The van der Waals surface area contributed by atoms with Gasteiger partial charge in [0.1, 0.15) is 5.71 Å². The summed E-state index contributed by atoms with van der Waals surface area (Å²) < 4.78 is 0. The molecule has 1 aliphatic heterocycles. The van der Waals surface area contributed by atoms with Gasteiger partial charge in [-0.15, -0.1) is 22.7 Å². The Bertz CT molecular complexity index is 1380. The summed E-state index contributed by atoms with van der Waals surface area (Å²) in [6.07, 6.45) is 0.527. The van der Waals surface area contributed by atoms with Gasteiger partial charge in [-0.3, -0.25) is 10.2 Å². The van der Waals surface area contributed by atoms with Crippen molar-refractivity contribution in [1.29, 1.82) is 0 Å². The second-order valence-corrected chi connectivity index (χ2v) is 9.31. The lowest BCUT2D eigenvalue weighted by atomic mass is 10.1. The molecule has 0 radical (unpaired) electrons. The minimum absolute atomic E-state index is 0.0496. The summed E-state index contributed by atoms with van der Waals surface area (Å²) >= 11 is 2.75. The molecule has 4 aromatic rings. The van der Waals surface area contributed by atoms with Crippen LogP contribution in [0.4, 0.5) is 10.3 Å². The van der Waals surface area contributed by atoms with Crippen LogP contribution in [0.1, 0.15) is 16.1 Å². The van der Waals surface area contributed by atoms with Gasteiger partial charge in [0.25, 0.3) is 0 Å². The highest BCUT2D eigenvalue weighted by atomic mass is 32.1. The number of anilines is 2. The van der Waals surface area contributed by atoms with Crippen molar-refractivity contribution in [3.05, 3.63) is 82.2 Å². The van der Waals surface area contributed by atoms with Crippen LogP contribution in [0.2, 0.25) is 0 Å². The molecule has 5 rings (SSSR count). The van der Waals surface area contributed by atoms with Crippen LogP contribution in [0.15, 0.2) is 76.2 Å². The largest absolute Gasteiger partial charge is 0.396 e. The Morgan fingerprint density at radius 2 is 1.74 bits per heavy atom. The smallest absolute Gasteiger partial charge is 0.303 e. The van der Waals surface area contributed by atoms with Gasteiger partial charge >= 0.3 is 5.91 Å². The van der Waals surface area contributed by atoms with Crippen molar-refractivity contribution < 1.29 is 9.90 Å². The van der Waals surface area contributed by atoms with Crippen molar-refractivity contribution in [2.45, 2.75) is 13.3 Å². The van der Waals surface area contributed by atoms with Gasteiger partial charge in [0, 0.05) is 34.4 Å². The number of thiazole rings is 2. The zero-order chi connectivity index (χ0) is 23.5. The van der Waals surface area contributed by atoms with Gasteiger partial charge in [0.05, 0.1) is 11.4 Å². The summed E-state index contributed by atoms with van der Waals surface area (Å²) in [6, 6.07) is 19.2. The summed E-state index contributed by atoms with van der Waals surface area (Å²) in [5.74, 6) is -0.371. The molecule has 0 unspecified atom stereocenters. The standard InChI is InChI=1S/C24H20N6O2S2/c1-15-19(12-13-31)34-23(25-15)28-27-21-20(17-10-6-3-7-11-17)29-30(22(21)32)24-26-18(14-33-24)16-8-4-2-5-9-16/h2-11,14,31H,12-13H2,1H3,(H,25,28)/b27-21-. The summed E-state index contributed by atoms with van der Waals surface area (Å²) in [6.45, 7) is 1.93. The third-order valence-electron chi connectivity index (χ3n) is 5.10. The first-order valence-corrected chi connectivity index (χ1v) is 12.2. The van der Waals surface area contributed by atoms with E-state index in [2.05, 4.69) is 25.6 Å². The van der Waals surface area contributed by atoms with Crippen molar-refractivity contribution in [3.63, 3.8) is 0 Å². The summed E-state index contributed by atoms with van der Waals surface area (Å²) in [5.41, 5.74) is 6.90. The molecule has 170 valence electrons. The molecule has 0 aliphatic carbocycles. The van der Waals surface area contributed by atoms with E-state index in [1.807, 2.05) is 73.0 Å². The number of hydrogen-bond donors (Lipinski definition) is 2. The fourth-order valence-corrected chi connectivity index (χ4v) is 5.11. The molecule has 2 aromatic carbocycles. The van der Waals surface area contributed by atoms with Crippen LogP contribution in [0.5, 0.6) is 0 Å². The van der Waals surface area contributed by atoms with Crippen molar-refractivity contribution >= 4 is 50.3 Å². The number of carbonyl (C=O) groups is 1. The summed E-state index contributed by atoms with van der Waals surface area (Å²) in [7, 11) is 0. The SMILES string of the molecule is Cc1nc(N/N=C2\C(=O)N(c3nc(-c4ccccc4)cs3)N=C2c2ccccc2)sc1CCO. The van der Waals surface area contributed by atoms with Crippen LogP contribution in [-0.2, 0) is 11.2 Å². The molecule has 2 N–H and O–H groups in total. The van der Waals surface area contributed by atoms with E-state index in [9.17, 15) is 9.90 Å². The van der Waals surface area contributed by atoms with E-state index in [1.54, 1.807) is 0 Å². The zero-order valence-electron chi connectivity index (χ0n) is 18.2. The molecule has 0 spiro atoms. The van der Waals surface area contributed by atoms with Gasteiger partial charge in [-0.1, -0.05) is 60.7 Å². The number of nitrogens with zero attached hydrogens (tertiary/aromatic N) is 5.